The van der Waals surface area contributed by atoms with Crippen LogP contribution in [0, 0.1) is 0 Å². The molecule has 0 aliphatic carbocycles. The van der Waals surface area contributed by atoms with E-state index in [0.717, 1.165) is 53.1 Å². The molecule has 37 heavy (non-hydrogen) atoms. The number of nitrogens with one attached hydrogen (secondary N) is 1. The van der Waals surface area contributed by atoms with Gasteiger partial charge in [-0.2, -0.15) is 18.3 Å². The van der Waals surface area contributed by atoms with E-state index in [1.54, 1.807) is 15.8 Å². The van der Waals surface area contributed by atoms with Crippen molar-refractivity contribution in [2.24, 2.45) is 7.05 Å². The summed E-state index contributed by atoms with van der Waals surface area (Å²) in [4.78, 5) is 3.78. The van der Waals surface area contributed by atoms with Crippen LogP contribution in [0.4, 0.5) is 23.2 Å². The number of rotatable bonds is 8. The minimum atomic E-state index is -4.29. The van der Waals surface area contributed by atoms with Gasteiger partial charge < -0.3 is 5.32 Å². The number of hydrogen-bond acceptors (Lipinski definition) is 4. The first-order valence-corrected chi connectivity index (χ1v) is 12.8. The topological polar surface area (TPSA) is 36.3 Å². The van der Waals surface area contributed by atoms with Crippen molar-refractivity contribution in [3.05, 3.63) is 71.5 Å². The largest absolute Gasteiger partial charge is 0.401 e. The molecule has 2 aromatic carbocycles. The average molecular weight is 516 g/mol. The molecule has 2 aliphatic heterocycles. The smallest absolute Gasteiger partial charge is 0.380 e. The zero-order chi connectivity index (χ0) is 26.2. The van der Waals surface area contributed by atoms with Gasteiger partial charge in [0.15, 0.2) is 0 Å². The summed E-state index contributed by atoms with van der Waals surface area (Å²) in [6, 6.07) is 13.4. The lowest BCUT2D eigenvalue weighted by Gasteiger charge is -2.43. The maximum Gasteiger partial charge on any atom is 0.401 e. The summed E-state index contributed by atoms with van der Waals surface area (Å²) < 4.78 is 55.0. The molecule has 2 atom stereocenters. The Morgan fingerprint density at radius 1 is 1.05 bits per heavy atom. The molecule has 3 aromatic rings. The summed E-state index contributed by atoms with van der Waals surface area (Å²) in [6.45, 7) is 3.13. The van der Waals surface area contributed by atoms with Crippen molar-refractivity contribution in [2.45, 2.75) is 44.1 Å². The predicted molar refractivity (Wildman–Crippen MR) is 137 cm³/mol. The average Bonchev–Trinajstić information content (AvgIpc) is 3.26. The van der Waals surface area contributed by atoms with Gasteiger partial charge in [0, 0.05) is 50.2 Å². The molecule has 5 rings (SSSR count). The minimum Gasteiger partial charge on any atom is -0.380 e. The van der Waals surface area contributed by atoms with Crippen molar-refractivity contribution in [3.8, 4) is 11.1 Å². The molecule has 9 heteroatoms. The van der Waals surface area contributed by atoms with E-state index in [-0.39, 0.29) is 12.7 Å². The molecule has 1 aromatic heterocycles. The van der Waals surface area contributed by atoms with Crippen LogP contribution in [0.25, 0.3) is 11.1 Å². The molecule has 0 amide bonds. The SMILES string of the molecule is C[C@@H]1Cc2cc(-c3cnn(C)c3)ccc2[C@@H](c2ccc(NC3CN(CCCF)C3)cc2)N1CC(F)(F)F. The number of alkyl halides is 4. The van der Waals surface area contributed by atoms with Gasteiger partial charge in [0.2, 0.25) is 0 Å². The van der Waals surface area contributed by atoms with Gasteiger partial charge in [-0.05, 0) is 54.2 Å². The Morgan fingerprint density at radius 3 is 2.46 bits per heavy atom. The van der Waals surface area contributed by atoms with Crippen LogP contribution >= 0.6 is 0 Å². The summed E-state index contributed by atoms with van der Waals surface area (Å²) in [5.41, 5.74) is 5.78. The Hall–Kier alpha value is -2.91. The maximum absolute atomic E-state index is 13.6. The van der Waals surface area contributed by atoms with E-state index >= 15 is 0 Å². The fourth-order valence-corrected chi connectivity index (χ4v) is 5.62. The van der Waals surface area contributed by atoms with Gasteiger partial charge in [0.1, 0.15) is 0 Å². The number of benzene rings is 2. The van der Waals surface area contributed by atoms with E-state index in [2.05, 4.69) is 21.4 Å². The fourth-order valence-electron chi connectivity index (χ4n) is 5.62. The van der Waals surface area contributed by atoms with Crippen molar-refractivity contribution in [1.29, 1.82) is 0 Å². The Bertz CT molecular complexity index is 1200. The van der Waals surface area contributed by atoms with E-state index in [0.29, 0.717) is 18.9 Å². The molecule has 0 unspecified atom stereocenters. The van der Waals surface area contributed by atoms with Crippen molar-refractivity contribution in [2.75, 3.05) is 38.2 Å². The molecule has 198 valence electrons. The van der Waals surface area contributed by atoms with E-state index in [9.17, 15) is 17.6 Å². The summed E-state index contributed by atoms with van der Waals surface area (Å²) in [5, 5.41) is 7.73. The van der Waals surface area contributed by atoms with Gasteiger partial charge in [0.25, 0.3) is 0 Å². The third kappa shape index (κ3) is 5.83. The number of likely N-dealkylation sites (tertiary alicyclic amines) is 1. The van der Waals surface area contributed by atoms with Gasteiger partial charge >= 0.3 is 6.18 Å². The lowest BCUT2D eigenvalue weighted by atomic mass is 9.83. The highest BCUT2D eigenvalue weighted by molar-refractivity contribution is 5.64. The Kier molecular flexibility index (Phi) is 7.27. The lowest BCUT2D eigenvalue weighted by molar-refractivity contribution is -0.155. The zero-order valence-corrected chi connectivity index (χ0v) is 21.2. The van der Waals surface area contributed by atoms with Crippen LogP contribution < -0.4 is 5.32 Å². The second kappa shape index (κ2) is 10.5. The number of anilines is 1. The molecule has 5 nitrogen and oxygen atoms in total. The monoisotopic (exact) mass is 515 g/mol. The summed E-state index contributed by atoms with van der Waals surface area (Å²) in [6.07, 6.45) is 0.557. The number of nitrogens with zero attached hydrogens (tertiary/aromatic N) is 4. The quantitative estimate of drug-likeness (QED) is 0.406. The molecule has 0 saturated carbocycles. The summed E-state index contributed by atoms with van der Waals surface area (Å²) in [5.74, 6) is 0. The molecule has 0 spiro atoms. The molecule has 1 fully saturated rings. The van der Waals surface area contributed by atoms with Gasteiger partial charge in [-0.1, -0.05) is 30.3 Å². The standard InChI is InChI=1S/C28H33F4N5/c1-19-12-22-13-21(23-14-33-35(2)15-23)6-9-26(22)27(37(19)18-28(30,31)32)20-4-7-24(8-5-20)34-25-16-36(17-25)11-3-10-29/h4-9,13-15,19,25,27,34H,3,10-12,16-18H2,1-2H3/t19-,27-/m1/s1. The molecular formula is C28H33F4N5. The lowest BCUT2D eigenvalue weighted by Crippen LogP contribution is -2.54. The first-order valence-electron chi connectivity index (χ1n) is 12.8. The van der Waals surface area contributed by atoms with Crippen molar-refractivity contribution in [1.82, 2.24) is 19.6 Å². The van der Waals surface area contributed by atoms with Gasteiger partial charge in [-0.3, -0.25) is 18.9 Å². The molecular weight excluding hydrogens is 482 g/mol. The third-order valence-electron chi connectivity index (χ3n) is 7.41. The van der Waals surface area contributed by atoms with Crippen molar-refractivity contribution >= 4 is 5.69 Å². The van der Waals surface area contributed by atoms with Crippen LogP contribution in [0.5, 0.6) is 0 Å². The van der Waals surface area contributed by atoms with Crippen molar-refractivity contribution < 1.29 is 17.6 Å². The van der Waals surface area contributed by atoms with Gasteiger partial charge in [0.05, 0.1) is 31.5 Å². The summed E-state index contributed by atoms with van der Waals surface area (Å²) in [7, 11) is 1.86. The highest BCUT2D eigenvalue weighted by Crippen LogP contribution is 2.41. The second-order valence-corrected chi connectivity index (χ2v) is 10.3. The number of aryl methyl sites for hydroxylation is 1. The van der Waals surface area contributed by atoms with E-state index in [1.807, 2.05) is 56.6 Å². The Labute approximate surface area is 215 Å². The molecule has 3 heterocycles. The zero-order valence-electron chi connectivity index (χ0n) is 21.2. The first kappa shape index (κ1) is 25.7. The van der Waals surface area contributed by atoms with Crippen LogP contribution in [-0.2, 0) is 13.5 Å². The second-order valence-electron chi connectivity index (χ2n) is 10.3. The van der Waals surface area contributed by atoms with Crippen LogP contribution in [0.15, 0.2) is 54.9 Å². The Morgan fingerprint density at radius 2 is 1.81 bits per heavy atom. The highest BCUT2D eigenvalue weighted by Gasteiger charge is 2.40. The van der Waals surface area contributed by atoms with Crippen molar-refractivity contribution in [3.63, 3.8) is 0 Å². The van der Waals surface area contributed by atoms with Gasteiger partial charge in [-0.15, -0.1) is 0 Å². The minimum absolute atomic E-state index is 0.272. The van der Waals surface area contributed by atoms with Gasteiger partial charge in [-0.25, -0.2) is 0 Å². The first-order chi connectivity index (χ1) is 17.7. The summed E-state index contributed by atoms with van der Waals surface area (Å²) >= 11 is 0. The van der Waals surface area contributed by atoms with E-state index in [4.69, 9.17) is 0 Å². The van der Waals surface area contributed by atoms with Crippen LogP contribution in [-0.4, -0.2) is 70.7 Å². The van der Waals surface area contributed by atoms with Crippen LogP contribution in [0.2, 0.25) is 0 Å². The number of aromatic nitrogens is 2. The number of halogens is 4. The highest BCUT2D eigenvalue weighted by atomic mass is 19.4. The molecule has 1 saturated heterocycles. The number of fused-ring (bicyclic) bond motifs is 1. The fraction of sp³-hybridized carbons (Fsp3) is 0.464. The van der Waals surface area contributed by atoms with Crippen LogP contribution in [0.1, 0.15) is 36.1 Å². The molecule has 0 bridgehead atoms. The predicted octanol–water partition coefficient (Wildman–Crippen LogP) is 5.44. The normalized spacial score (nSPS) is 21.0. The van der Waals surface area contributed by atoms with E-state index in [1.165, 1.54) is 0 Å². The third-order valence-corrected chi connectivity index (χ3v) is 7.41. The molecule has 0 radical (unpaired) electrons. The number of hydrogen-bond donors (Lipinski definition) is 1. The van der Waals surface area contributed by atoms with E-state index < -0.39 is 18.8 Å². The maximum atomic E-state index is 13.6. The van der Waals surface area contributed by atoms with Crippen LogP contribution in [0.3, 0.4) is 0 Å². The molecule has 1 N–H and O–H groups in total. The Balaban J connectivity index is 1.40. The molecule has 2 aliphatic rings.